The maximum atomic E-state index is 12.6. The SMILES string of the molecule is CS(=O)(=O)OCCSc1ccc2c3c(cccc13)C(=O)N(OS(C)(=O)=O)C2=O. The third-order valence-electron chi connectivity index (χ3n) is 3.68. The molecule has 2 amide bonds. The van der Waals surface area contributed by atoms with Gasteiger partial charge in [0.2, 0.25) is 0 Å². The van der Waals surface area contributed by atoms with Crippen LogP contribution in [0.15, 0.2) is 35.2 Å². The van der Waals surface area contributed by atoms with E-state index in [-0.39, 0.29) is 22.8 Å². The summed E-state index contributed by atoms with van der Waals surface area (Å²) in [7, 11) is -7.62. The van der Waals surface area contributed by atoms with Crippen LogP contribution in [0.1, 0.15) is 20.7 Å². The first kappa shape index (κ1) is 20.7. The van der Waals surface area contributed by atoms with E-state index in [0.717, 1.165) is 17.4 Å². The number of rotatable bonds is 7. The van der Waals surface area contributed by atoms with Gasteiger partial charge in [-0.1, -0.05) is 12.1 Å². The van der Waals surface area contributed by atoms with Crippen molar-refractivity contribution >= 4 is 54.6 Å². The van der Waals surface area contributed by atoms with Crippen LogP contribution in [-0.2, 0) is 28.7 Å². The third kappa shape index (κ3) is 4.36. The molecule has 9 nitrogen and oxygen atoms in total. The van der Waals surface area contributed by atoms with Crippen LogP contribution in [0.4, 0.5) is 0 Å². The van der Waals surface area contributed by atoms with Crippen LogP contribution in [-0.4, -0.2) is 58.6 Å². The molecule has 2 aromatic carbocycles. The van der Waals surface area contributed by atoms with Gasteiger partial charge in [-0.2, -0.15) is 16.8 Å². The van der Waals surface area contributed by atoms with Gasteiger partial charge in [0.1, 0.15) is 0 Å². The summed E-state index contributed by atoms with van der Waals surface area (Å²) in [5, 5.41) is 1.24. The number of nitrogens with zero attached hydrogens (tertiary/aromatic N) is 1. The zero-order valence-corrected chi connectivity index (χ0v) is 17.2. The van der Waals surface area contributed by atoms with Gasteiger partial charge >= 0.3 is 0 Å². The van der Waals surface area contributed by atoms with Crippen molar-refractivity contribution in [1.29, 1.82) is 0 Å². The fraction of sp³-hybridized carbons (Fsp3) is 0.250. The smallest absolute Gasteiger partial charge is 0.269 e. The van der Waals surface area contributed by atoms with Crippen LogP contribution in [0.2, 0.25) is 0 Å². The number of thioether (sulfide) groups is 1. The highest BCUT2D eigenvalue weighted by Gasteiger charge is 2.36. The molecule has 1 aliphatic heterocycles. The number of hydroxylamine groups is 2. The van der Waals surface area contributed by atoms with Crippen LogP contribution in [0.25, 0.3) is 10.8 Å². The molecule has 0 spiro atoms. The zero-order chi connectivity index (χ0) is 20.7. The number of imide groups is 1. The average Bonchev–Trinajstić information content (AvgIpc) is 2.59. The second kappa shape index (κ2) is 7.44. The molecule has 0 aliphatic carbocycles. The van der Waals surface area contributed by atoms with Crippen LogP contribution in [0.5, 0.6) is 0 Å². The molecule has 3 rings (SSSR count). The largest absolute Gasteiger partial charge is 0.286 e. The topological polar surface area (TPSA) is 124 Å². The lowest BCUT2D eigenvalue weighted by Crippen LogP contribution is -2.41. The molecule has 0 unspecified atom stereocenters. The van der Waals surface area contributed by atoms with Crippen LogP contribution < -0.4 is 0 Å². The molecule has 0 atom stereocenters. The highest BCUT2D eigenvalue weighted by atomic mass is 32.2. The maximum absolute atomic E-state index is 12.6. The lowest BCUT2D eigenvalue weighted by atomic mass is 9.95. The lowest BCUT2D eigenvalue weighted by Gasteiger charge is -2.25. The highest BCUT2D eigenvalue weighted by molar-refractivity contribution is 7.99. The summed E-state index contributed by atoms with van der Waals surface area (Å²) in [5.41, 5.74) is 0.260. The molecule has 0 N–H and O–H groups in total. The van der Waals surface area contributed by atoms with Gasteiger partial charge in [-0.15, -0.1) is 21.1 Å². The van der Waals surface area contributed by atoms with Gasteiger partial charge in [0.15, 0.2) is 0 Å². The number of carbonyl (C=O) groups is 2. The molecule has 0 aromatic heterocycles. The van der Waals surface area contributed by atoms with E-state index in [1.54, 1.807) is 18.2 Å². The minimum atomic E-state index is -4.08. The second-order valence-corrected chi connectivity index (χ2v) is 10.2. The van der Waals surface area contributed by atoms with Crippen molar-refractivity contribution in [3.8, 4) is 0 Å². The fourth-order valence-corrected chi connectivity index (χ4v) is 4.49. The molecule has 0 radical (unpaired) electrons. The Bertz CT molecular complexity index is 1170. The van der Waals surface area contributed by atoms with Crippen molar-refractivity contribution in [2.24, 2.45) is 0 Å². The number of amides is 2. The fourth-order valence-electron chi connectivity index (χ4n) is 2.71. The van der Waals surface area contributed by atoms with Gasteiger partial charge in [-0.3, -0.25) is 13.8 Å². The van der Waals surface area contributed by atoms with E-state index in [1.165, 1.54) is 23.9 Å². The van der Waals surface area contributed by atoms with Crippen LogP contribution in [0, 0.1) is 0 Å². The van der Waals surface area contributed by atoms with Crippen molar-refractivity contribution in [2.75, 3.05) is 24.9 Å². The first-order chi connectivity index (χ1) is 13.0. The quantitative estimate of drug-likeness (QED) is 0.269. The minimum absolute atomic E-state index is 0.0275. The molecular formula is C16H15NO8S3. The second-order valence-electron chi connectivity index (χ2n) is 5.90. The standard InChI is InChI=1S/C16H15NO8S3/c1-27(20,21)24-8-9-26-13-7-6-12-14-10(13)4-3-5-11(14)15(18)17(16(12)19)25-28(2,22)23/h3-7H,8-9H2,1-2H3. The van der Waals surface area contributed by atoms with Crippen LogP contribution in [0.3, 0.4) is 0 Å². The molecular weight excluding hydrogens is 430 g/mol. The zero-order valence-electron chi connectivity index (χ0n) is 14.7. The highest BCUT2D eigenvalue weighted by Crippen LogP contribution is 2.36. The monoisotopic (exact) mass is 445 g/mol. The number of benzene rings is 2. The Balaban J connectivity index is 1.98. The van der Waals surface area contributed by atoms with Gasteiger partial charge in [0.05, 0.1) is 30.2 Å². The van der Waals surface area contributed by atoms with Gasteiger partial charge in [0.25, 0.3) is 32.1 Å². The predicted molar refractivity (Wildman–Crippen MR) is 102 cm³/mol. The molecule has 12 heteroatoms. The molecule has 2 aromatic rings. The Morgan fingerprint density at radius 3 is 2.18 bits per heavy atom. The molecule has 0 saturated heterocycles. The average molecular weight is 445 g/mol. The van der Waals surface area contributed by atoms with E-state index in [1.807, 2.05) is 0 Å². The van der Waals surface area contributed by atoms with E-state index in [4.69, 9.17) is 4.18 Å². The number of carbonyl (C=O) groups excluding carboxylic acids is 2. The van der Waals surface area contributed by atoms with E-state index < -0.39 is 32.1 Å². The van der Waals surface area contributed by atoms with Crippen molar-refractivity contribution in [2.45, 2.75) is 4.90 Å². The molecule has 0 saturated carbocycles. The Kier molecular flexibility index (Phi) is 5.51. The van der Waals surface area contributed by atoms with E-state index in [2.05, 4.69) is 4.28 Å². The summed E-state index contributed by atoms with van der Waals surface area (Å²) in [6.07, 6.45) is 1.70. The van der Waals surface area contributed by atoms with E-state index in [0.29, 0.717) is 16.5 Å². The van der Waals surface area contributed by atoms with E-state index in [9.17, 15) is 26.4 Å². The Morgan fingerprint density at radius 2 is 1.57 bits per heavy atom. The summed E-state index contributed by atoms with van der Waals surface area (Å²) in [5.74, 6) is -1.43. The number of hydrogen-bond acceptors (Lipinski definition) is 9. The van der Waals surface area contributed by atoms with Crippen LogP contribution >= 0.6 is 11.8 Å². The Hall–Kier alpha value is -1.99. The van der Waals surface area contributed by atoms with Crippen molar-refractivity contribution < 1.29 is 34.9 Å². The molecule has 1 heterocycles. The van der Waals surface area contributed by atoms with Crippen molar-refractivity contribution in [3.63, 3.8) is 0 Å². The molecule has 0 bridgehead atoms. The summed E-state index contributed by atoms with van der Waals surface area (Å²) < 4.78 is 54.1. The van der Waals surface area contributed by atoms with Crippen molar-refractivity contribution in [1.82, 2.24) is 5.06 Å². The Labute approximate surface area is 165 Å². The van der Waals surface area contributed by atoms with Gasteiger partial charge in [-0.25, -0.2) is 0 Å². The maximum Gasteiger partial charge on any atom is 0.286 e. The predicted octanol–water partition coefficient (Wildman–Crippen LogP) is 1.40. The van der Waals surface area contributed by atoms with Gasteiger partial charge < -0.3 is 0 Å². The van der Waals surface area contributed by atoms with E-state index >= 15 is 0 Å². The molecule has 28 heavy (non-hydrogen) atoms. The minimum Gasteiger partial charge on any atom is -0.269 e. The van der Waals surface area contributed by atoms with Gasteiger partial charge in [0, 0.05) is 16.0 Å². The Morgan fingerprint density at radius 1 is 0.929 bits per heavy atom. The number of hydrogen-bond donors (Lipinski definition) is 0. The van der Waals surface area contributed by atoms with Crippen molar-refractivity contribution in [3.05, 3.63) is 41.5 Å². The van der Waals surface area contributed by atoms with Gasteiger partial charge in [-0.05, 0) is 23.6 Å². The summed E-state index contributed by atoms with van der Waals surface area (Å²) in [4.78, 5) is 25.9. The first-order valence-electron chi connectivity index (χ1n) is 7.79. The summed E-state index contributed by atoms with van der Waals surface area (Å²) >= 11 is 1.30. The molecule has 0 fully saturated rings. The molecule has 150 valence electrons. The summed E-state index contributed by atoms with van der Waals surface area (Å²) in [6.45, 7) is -0.0275. The lowest BCUT2D eigenvalue weighted by molar-refractivity contribution is -0.0149. The normalized spacial score (nSPS) is 14.7. The third-order valence-corrected chi connectivity index (χ3v) is 5.73. The molecule has 1 aliphatic rings. The first-order valence-corrected chi connectivity index (χ1v) is 12.4. The summed E-state index contributed by atoms with van der Waals surface area (Å²) in [6, 6.07) is 7.90.